The number of hydrogen-bond donors (Lipinski definition) is 5. The zero-order chi connectivity index (χ0) is 21.9. The Hall–Kier alpha value is -2.16. The fourth-order valence-corrected chi connectivity index (χ4v) is 2.35. The lowest BCUT2D eigenvalue weighted by Gasteiger charge is -2.17. The number of aliphatic carboxylic acids is 3. The highest BCUT2D eigenvalue weighted by Gasteiger charge is 2.22. The maximum absolute atomic E-state index is 11.1. The number of aryl methyl sites for hydroxylation is 1. The van der Waals surface area contributed by atoms with Gasteiger partial charge in [-0.1, -0.05) is 37.6 Å². The number of benzene rings is 1. The number of halogens is 1. The first-order valence-corrected chi connectivity index (χ1v) is 9.26. The monoisotopic (exact) mass is 416 g/mol. The van der Waals surface area contributed by atoms with Crippen LogP contribution in [-0.4, -0.2) is 51.4 Å². The van der Waals surface area contributed by atoms with Gasteiger partial charge >= 0.3 is 17.9 Å². The van der Waals surface area contributed by atoms with Crippen LogP contribution >= 0.6 is 11.6 Å². The SMILES string of the molecule is CC(C)CC(N)C(=O)O.C[C@@H](N[C@@H](CCc1ccc(Cl)cc1)C(=O)O)C(=O)O. The van der Waals surface area contributed by atoms with Gasteiger partial charge in [0.25, 0.3) is 0 Å². The first kappa shape index (κ1) is 25.8. The Morgan fingerprint density at radius 2 is 1.54 bits per heavy atom. The average molecular weight is 417 g/mol. The Morgan fingerprint density at radius 3 is 1.89 bits per heavy atom. The van der Waals surface area contributed by atoms with Crippen LogP contribution in [0.3, 0.4) is 0 Å². The van der Waals surface area contributed by atoms with Gasteiger partial charge in [0, 0.05) is 5.02 Å². The molecule has 0 aromatic heterocycles. The summed E-state index contributed by atoms with van der Waals surface area (Å²) in [4.78, 5) is 31.9. The molecule has 1 aromatic rings. The topological polar surface area (TPSA) is 150 Å². The second kappa shape index (κ2) is 13.1. The molecule has 0 saturated heterocycles. The lowest BCUT2D eigenvalue weighted by Crippen LogP contribution is -2.45. The lowest BCUT2D eigenvalue weighted by atomic mass is 10.0. The van der Waals surface area contributed by atoms with E-state index in [2.05, 4.69) is 5.32 Å². The molecule has 1 aromatic carbocycles. The largest absolute Gasteiger partial charge is 0.480 e. The maximum Gasteiger partial charge on any atom is 0.320 e. The molecule has 8 nitrogen and oxygen atoms in total. The fourth-order valence-electron chi connectivity index (χ4n) is 2.22. The highest BCUT2D eigenvalue weighted by atomic mass is 35.5. The Kier molecular flexibility index (Phi) is 12.1. The molecular weight excluding hydrogens is 388 g/mol. The van der Waals surface area contributed by atoms with Gasteiger partial charge < -0.3 is 21.1 Å². The summed E-state index contributed by atoms with van der Waals surface area (Å²) in [6.07, 6.45) is 1.40. The summed E-state index contributed by atoms with van der Waals surface area (Å²) in [5.74, 6) is -2.68. The minimum atomic E-state index is -1.07. The molecule has 0 radical (unpaired) electrons. The van der Waals surface area contributed by atoms with E-state index in [4.69, 9.17) is 32.7 Å². The molecule has 3 atom stereocenters. The number of nitrogens with two attached hydrogens (primary N) is 1. The van der Waals surface area contributed by atoms with Gasteiger partial charge in [0.2, 0.25) is 0 Å². The Balaban J connectivity index is 0.000000684. The quantitative estimate of drug-likeness (QED) is 0.389. The molecule has 0 spiro atoms. The molecule has 0 heterocycles. The first-order chi connectivity index (χ1) is 12.9. The van der Waals surface area contributed by atoms with E-state index >= 15 is 0 Å². The number of rotatable bonds is 10. The molecule has 1 unspecified atom stereocenters. The Bertz CT molecular complexity index is 636. The van der Waals surface area contributed by atoms with Crippen molar-refractivity contribution in [2.75, 3.05) is 0 Å². The third kappa shape index (κ3) is 11.5. The molecule has 0 fully saturated rings. The van der Waals surface area contributed by atoms with Crippen LogP contribution < -0.4 is 11.1 Å². The Labute approximate surface area is 169 Å². The van der Waals surface area contributed by atoms with Crippen LogP contribution in [0.25, 0.3) is 0 Å². The van der Waals surface area contributed by atoms with Crippen LogP contribution in [0.4, 0.5) is 0 Å². The van der Waals surface area contributed by atoms with E-state index in [1.54, 1.807) is 12.1 Å². The van der Waals surface area contributed by atoms with Crippen molar-refractivity contribution in [1.29, 1.82) is 0 Å². The van der Waals surface area contributed by atoms with Crippen LogP contribution in [0, 0.1) is 5.92 Å². The van der Waals surface area contributed by atoms with Crippen molar-refractivity contribution >= 4 is 29.5 Å². The zero-order valence-electron chi connectivity index (χ0n) is 16.3. The summed E-state index contributed by atoms with van der Waals surface area (Å²) in [7, 11) is 0. The van der Waals surface area contributed by atoms with Gasteiger partial charge in [-0.15, -0.1) is 0 Å². The van der Waals surface area contributed by atoms with E-state index in [1.165, 1.54) is 6.92 Å². The average Bonchev–Trinajstić information content (AvgIpc) is 2.59. The standard InChI is InChI=1S/C13H16ClNO4.C6H13NO2/c1-8(12(16)17)15-11(13(18)19)7-4-9-2-5-10(14)6-3-9;1-4(2)3-5(7)6(8)9/h2-3,5-6,8,11,15H,4,7H2,1H3,(H,16,17)(H,18,19);4-5H,3,7H2,1-2H3,(H,8,9)/t8-,11+;/m1./s1. The molecule has 28 heavy (non-hydrogen) atoms. The third-order valence-electron chi connectivity index (χ3n) is 3.80. The molecular formula is C19H29ClN2O6. The van der Waals surface area contributed by atoms with Crippen molar-refractivity contribution < 1.29 is 29.7 Å². The molecule has 0 aliphatic heterocycles. The molecule has 158 valence electrons. The minimum absolute atomic E-state index is 0.314. The van der Waals surface area contributed by atoms with Gasteiger partial charge in [-0.05, 0) is 49.8 Å². The molecule has 0 amide bonds. The number of carboxylic acids is 3. The zero-order valence-corrected chi connectivity index (χ0v) is 17.0. The molecule has 0 bridgehead atoms. The molecule has 0 aliphatic carbocycles. The van der Waals surface area contributed by atoms with Crippen molar-refractivity contribution in [2.24, 2.45) is 11.7 Å². The summed E-state index contributed by atoms with van der Waals surface area (Å²) >= 11 is 5.76. The third-order valence-corrected chi connectivity index (χ3v) is 4.05. The molecule has 1 rings (SSSR count). The molecule has 6 N–H and O–H groups in total. The van der Waals surface area contributed by atoms with E-state index in [9.17, 15) is 14.4 Å². The van der Waals surface area contributed by atoms with E-state index in [0.29, 0.717) is 30.2 Å². The second-order valence-corrected chi connectivity index (χ2v) is 7.29. The van der Waals surface area contributed by atoms with Crippen molar-refractivity contribution in [2.45, 2.75) is 58.2 Å². The van der Waals surface area contributed by atoms with Crippen molar-refractivity contribution in [1.82, 2.24) is 5.32 Å². The van der Waals surface area contributed by atoms with Gasteiger partial charge in [-0.25, -0.2) is 0 Å². The summed E-state index contributed by atoms with van der Waals surface area (Å²) in [5, 5.41) is 29.3. The van der Waals surface area contributed by atoms with Gasteiger partial charge in [0.05, 0.1) is 0 Å². The first-order valence-electron chi connectivity index (χ1n) is 8.88. The summed E-state index contributed by atoms with van der Waals surface area (Å²) in [6, 6.07) is 4.64. The van der Waals surface area contributed by atoms with Crippen LogP contribution in [-0.2, 0) is 20.8 Å². The van der Waals surface area contributed by atoms with Crippen molar-refractivity contribution in [3.63, 3.8) is 0 Å². The van der Waals surface area contributed by atoms with Gasteiger partial charge in [-0.3, -0.25) is 19.7 Å². The number of carboxylic acid groups (broad SMARTS) is 3. The summed E-state index contributed by atoms with van der Waals surface area (Å²) in [6.45, 7) is 5.31. The molecule has 0 saturated carbocycles. The predicted octanol–water partition coefficient (Wildman–Crippen LogP) is 2.23. The highest BCUT2D eigenvalue weighted by molar-refractivity contribution is 6.30. The number of nitrogens with one attached hydrogen (secondary N) is 1. The second-order valence-electron chi connectivity index (χ2n) is 6.86. The maximum atomic E-state index is 11.1. The number of carbonyl (C=O) groups is 3. The summed E-state index contributed by atoms with van der Waals surface area (Å²) in [5.41, 5.74) is 6.18. The van der Waals surface area contributed by atoms with Crippen LogP contribution in [0.1, 0.15) is 39.2 Å². The lowest BCUT2D eigenvalue weighted by molar-refractivity contribution is -0.142. The predicted molar refractivity (Wildman–Crippen MR) is 106 cm³/mol. The normalized spacial score (nSPS) is 13.8. The van der Waals surface area contributed by atoms with Crippen molar-refractivity contribution in [3.05, 3.63) is 34.9 Å². The fraction of sp³-hybridized carbons (Fsp3) is 0.526. The molecule has 9 heteroatoms. The van der Waals surface area contributed by atoms with Gasteiger partial charge in [0.1, 0.15) is 18.1 Å². The number of hydrogen-bond acceptors (Lipinski definition) is 5. The van der Waals surface area contributed by atoms with Crippen LogP contribution in [0.15, 0.2) is 24.3 Å². The van der Waals surface area contributed by atoms with E-state index in [0.717, 1.165) is 5.56 Å². The van der Waals surface area contributed by atoms with Crippen molar-refractivity contribution in [3.8, 4) is 0 Å². The highest BCUT2D eigenvalue weighted by Crippen LogP contribution is 2.12. The van der Waals surface area contributed by atoms with Crippen LogP contribution in [0.2, 0.25) is 5.02 Å². The van der Waals surface area contributed by atoms with Gasteiger partial charge in [0.15, 0.2) is 0 Å². The minimum Gasteiger partial charge on any atom is -0.480 e. The van der Waals surface area contributed by atoms with Crippen LogP contribution in [0.5, 0.6) is 0 Å². The van der Waals surface area contributed by atoms with E-state index in [1.807, 2.05) is 26.0 Å². The Morgan fingerprint density at radius 1 is 1.00 bits per heavy atom. The smallest absolute Gasteiger partial charge is 0.320 e. The molecule has 0 aliphatic rings. The van der Waals surface area contributed by atoms with E-state index in [-0.39, 0.29) is 0 Å². The van der Waals surface area contributed by atoms with E-state index < -0.39 is 36.0 Å². The van der Waals surface area contributed by atoms with Gasteiger partial charge in [-0.2, -0.15) is 0 Å². The summed E-state index contributed by atoms with van der Waals surface area (Å²) < 4.78 is 0.